The highest BCUT2D eigenvalue weighted by atomic mass is 35.5. The Morgan fingerprint density at radius 1 is 0.778 bits per heavy atom. The molecule has 0 heterocycles. The van der Waals surface area contributed by atoms with E-state index >= 15 is 0 Å². The first-order valence-corrected chi connectivity index (χ1v) is 7.07. The van der Waals surface area contributed by atoms with E-state index < -0.39 is 0 Å². The molecule has 94 valence electrons. The van der Waals surface area contributed by atoms with Crippen LogP contribution in [-0.4, -0.2) is 0 Å². The Morgan fingerprint density at radius 2 is 1.50 bits per heavy atom. The zero-order valence-electron chi connectivity index (χ0n) is 8.98. The van der Waals surface area contributed by atoms with E-state index in [0.717, 1.165) is 16.7 Å². The van der Waals surface area contributed by atoms with E-state index in [1.807, 2.05) is 12.1 Å². The van der Waals surface area contributed by atoms with E-state index in [1.54, 1.807) is 18.2 Å². The lowest BCUT2D eigenvalue weighted by molar-refractivity contribution is 1.40. The summed E-state index contributed by atoms with van der Waals surface area (Å²) in [5.41, 5.74) is 2.56. The van der Waals surface area contributed by atoms with Crippen molar-refractivity contribution in [3.63, 3.8) is 0 Å². The Balaban J connectivity index is 2.69. The summed E-state index contributed by atoms with van der Waals surface area (Å²) in [5.74, 6) is 0.364. The molecule has 0 saturated carbocycles. The van der Waals surface area contributed by atoms with Crippen molar-refractivity contribution in [2.24, 2.45) is 0 Å². The molecule has 0 aliphatic heterocycles. The van der Waals surface area contributed by atoms with E-state index in [1.165, 1.54) is 0 Å². The van der Waals surface area contributed by atoms with Gasteiger partial charge >= 0.3 is 0 Å². The second kappa shape index (κ2) is 5.90. The molecule has 0 radical (unpaired) electrons. The summed E-state index contributed by atoms with van der Waals surface area (Å²) < 4.78 is 0. The van der Waals surface area contributed by atoms with Crippen molar-refractivity contribution in [2.45, 2.75) is 5.88 Å². The maximum atomic E-state index is 6.21. The van der Waals surface area contributed by atoms with Crippen LogP contribution in [0.2, 0.25) is 20.1 Å². The molecule has 0 atom stereocenters. The van der Waals surface area contributed by atoms with Crippen LogP contribution in [0, 0.1) is 0 Å². The van der Waals surface area contributed by atoms with Gasteiger partial charge < -0.3 is 0 Å². The smallest absolute Gasteiger partial charge is 0.0784 e. The second-order valence-electron chi connectivity index (χ2n) is 3.66. The maximum Gasteiger partial charge on any atom is 0.0784 e. The number of alkyl halides is 1. The molecule has 0 spiro atoms. The topological polar surface area (TPSA) is 0 Å². The lowest BCUT2D eigenvalue weighted by atomic mass is 10.0. The predicted molar refractivity (Wildman–Crippen MR) is 81.5 cm³/mol. The maximum absolute atomic E-state index is 6.21. The van der Waals surface area contributed by atoms with Gasteiger partial charge in [-0.1, -0.05) is 58.5 Å². The second-order valence-corrected chi connectivity index (χ2v) is 5.52. The van der Waals surface area contributed by atoms with Crippen molar-refractivity contribution in [2.75, 3.05) is 0 Å². The largest absolute Gasteiger partial charge is 0.122 e. The Labute approximate surface area is 130 Å². The molecular weight excluding hydrogens is 333 g/mol. The van der Waals surface area contributed by atoms with Crippen LogP contribution in [0.15, 0.2) is 30.3 Å². The lowest BCUT2D eigenvalue weighted by Gasteiger charge is -2.11. The van der Waals surface area contributed by atoms with Gasteiger partial charge in [-0.2, -0.15) is 0 Å². The van der Waals surface area contributed by atoms with Crippen molar-refractivity contribution < 1.29 is 0 Å². The van der Waals surface area contributed by atoms with Crippen LogP contribution in [0.5, 0.6) is 0 Å². The van der Waals surface area contributed by atoms with Crippen molar-refractivity contribution in [1.82, 2.24) is 0 Å². The molecule has 0 aliphatic rings. The monoisotopic (exact) mass is 338 g/mol. The van der Waals surface area contributed by atoms with E-state index in [0.29, 0.717) is 26.0 Å². The molecule has 0 fully saturated rings. The molecule has 18 heavy (non-hydrogen) atoms. The highest BCUT2D eigenvalue weighted by Gasteiger charge is 2.13. The highest BCUT2D eigenvalue weighted by molar-refractivity contribution is 6.49. The summed E-state index contributed by atoms with van der Waals surface area (Å²) in [5, 5.41) is 1.76. The Kier molecular flexibility index (Phi) is 4.69. The first-order valence-electron chi connectivity index (χ1n) is 5.03. The average Bonchev–Trinajstić information content (AvgIpc) is 2.36. The highest BCUT2D eigenvalue weighted by Crippen LogP contribution is 2.40. The molecule has 5 heteroatoms. The predicted octanol–water partition coefficient (Wildman–Crippen LogP) is 6.71. The van der Waals surface area contributed by atoms with Crippen LogP contribution < -0.4 is 0 Å². The van der Waals surface area contributed by atoms with Crippen molar-refractivity contribution in [1.29, 1.82) is 0 Å². The van der Waals surface area contributed by atoms with Gasteiger partial charge in [0.15, 0.2) is 0 Å². The van der Waals surface area contributed by atoms with Gasteiger partial charge in [0.1, 0.15) is 0 Å². The molecule has 0 unspecified atom stereocenters. The quantitative estimate of drug-likeness (QED) is 0.421. The van der Waals surface area contributed by atoms with Gasteiger partial charge in [0.2, 0.25) is 0 Å². The zero-order chi connectivity index (χ0) is 13.3. The average molecular weight is 340 g/mol. The fourth-order valence-corrected chi connectivity index (χ4v) is 2.69. The molecule has 0 aliphatic carbocycles. The fraction of sp³-hybridized carbons (Fsp3) is 0.0769. The van der Waals surface area contributed by atoms with E-state index in [4.69, 9.17) is 58.0 Å². The van der Waals surface area contributed by atoms with Gasteiger partial charge in [0.25, 0.3) is 0 Å². The van der Waals surface area contributed by atoms with Crippen LogP contribution in [0.3, 0.4) is 0 Å². The molecule has 0 saturated heterocycles. The molecular formula is C13H7Cl5. The Bertz CT molecular complexity index is 592. The van der Waals surface area contributed by atoms with E-state index in [2.05, 4.69) is 0 Å². The van der Waals surface area contributed by atoms with E-state index in [-0.39, 0.29) is 0 Å². The van der Waals surface area contributed by atoms with Crippen LogP contribution in [0.4, 0.5) is 0 Å². The third kappa shape index (κ3) is 2.74. The molecule has 0 amide bonds. The minimum absolute atomic E-state index is 0.330. The number of benzene rings is 2. The minimum Gasteiger partial charge on any atom is -0.122 e. The van der Waals surface area contributed by atoms with Crippen LogP contribution >= 0.6 is 58.0 Å². The third-order valence-electron chi connectivity index (χ3n) is 2.54. The van der Waals surface area contributed by atoms with Gasteiger partial charge in [-0.15, -0.1) is 11.6 Å². The molecule has 0 nitrogen and oxygen atoms in total. The van der Waals surface area contributed by atoms with Crippen LogP contribution in [0.25, 0.3) is 11.1 Å². The Morgan fingerprint density at radius 3 is 2.17 bits per heavy atom. The first kappa shape index (κ1) is 14.3. The Hall–Kier alpha value is -0.110. The van der Waals surface area contributed by atoms with Crippen molar-refractivity contribution >= 4 is 58.0 Å². The number of halogens is 5. The van der Waals surface area contributed by atoms with Crippen LogP contribution in [-0.2, 0) is 5.88 Å². The molecule has 0 N–H and O–H groups in total. The third-order valence-corrected chi connectivity index (χ3v) is 4.36. The molecule has 0 aromatic heterocycles. The normalized spacial score (nSPS) is 10.7. The van der Waals surface area contributed by atoms with E-state index in [9.17, 15) is 0 Å². The summed E-state index contributed by atoms with van der Waals surface area (Å²) in [6.45, 7) is 0. The zero-order valence-corrected chi connectivity index (χ0v) is 12.8. The molecule has 2 rings (SSSR count). The van der Waals surface area contributed by atoms with Gasteiger partial charge in [0, 0.05) is 16.5 Å². The molecule has 2 aromatic rings. The SMILES string of the molecule is ClCc1ccc(Cl)cc1-c1ccc(Cl)c(Cl)c1Cl. The van der Waals surface area contributed by atoms with Gasteiger partial charge in [-0.25, -0.2) is 0 Å². The standard InChI is InChI=1S/C13H7Cl5/c14-6-7-1-2-8(15)5-10(7)9-3-4-11(16)13(18)12(9)17/h1-5H,6H2. The number of rotatable bonds is 2. The molecule has 0 bridgehead atoms. The number of hydrogen-bond donors (Lipinski definition) is 0. The van der Waals surface area contributed by atoms with Gasteiger partial charge in [0.05, 0.1) is 15.1 Å². The lowest BCUT2D eigenvalue weighted by Crippen LogP contribution is -1.88. The van der Waals surface area contributed by atoms with Crippen LogP contribution in [0.1, 0.15) is 5.56 Å². The summed E-state index contributed by atoms with van der Waals surface area (Å²) in [6, 6.07) is 8.96. The fourth-order valence-electron chi connectivity index (χ4n) is 1.65. The van der Waals surface area contributed by atoms with Crippen molar-refractivity contribution in [3.8, 4) is 11.1 Å². The summed E-state index contributed by atoms with van der Waals surface area (Å²) in [7, 11) is 0. The number of hydrogen-bond acceptors (Lipinski definition) is 0. The molecule has 2 aromatic carbocycles. The van der Waals surface area contributed by atoms with Gasteiger partial charge in [-0.05, 0) is 29.3 Å². The summed E-state index contributed by atoms with van der Waals surface area (Å²) in [6.07, 6.45) is 0. The minimum atomic E-state index is 0.330. The summed E-state index contributed by atoms with van der Waals surface area (Å²) in [4.78, 5) is 0. The first-order chi connectivity index (χ1) is 8.54. The van der Waals surface area contributed by atoms with Gasteiger partial charge in [-0.3, -0.25) is 0 Å². The summed E-state index contributed by atoms with van der Waals surface area (Å²) >= 11 is 30.1. The van der Waals surface area contributed by atoms with Crippen molar-refractivity contribution in [3.05, 3.63) is 56.0 Å².